The number of unbranched alkanes of at least 4 members (excludes halogenated alkanes) is 1. The Morgan fingerprint density at radius 2 is 1.85 bits per heavy atom. The zero-order valence-electron chi connectivity index (χ0n) is 11.5. The van der Waals surface area contributed by atoms with E-state index in [1.165, 1.54) is 0 Å². The van der Waals surface area contributed by atoms with E-state index in [1.807, 2.05) is 36.4 Å². The smallest absolute Gasteiger partial charge is 0.103 e. The third-order valence-corrected chi connectivity index (χ3v) is 3.86. The van der Waals surface area contributed by atoms with Crippen molar-refractivity contribution >= 4 is 27.3 Å². The maximum absolute atomic E-state index is 9.41. The van der Waals surface area contributed by atoms with Crippen LogP contribution < -0.4 is 4.90 Å². The molecule has 0 N–H and O–H groups in total. The Balaban J connectivity index is 2.47. The molecule has 0 unspecified atom stereocenters. The molecule has 0 saturated carbocycles. The monoisotopic (exact) mass is 328 g/mol. The number of nitrogens with zero attached hydrogens (tertiary/aromatic N) is 2. The first kappa shape index (κ1) is 14.6. The topological polar surface area (TPSA) is 27.0 Å². The average Bonchev–Trinajstić information content (AvgIpc) is 2.49. The van der Waals surface area contributed by atoms with Gasteiger partial charge in [0.25, 0.3) is 0 Å². The van der Waals surface area contributed by atoms with Crippen molar-refractivity contribution < 1.29 is 0 Å². The van der Waals surface area contributed by atoms with Crippen LogP contribution >= 0.6 is 15.9 Å². The second kappa shape index (κ2) is 7.12. The minimum Gasteiger partial charge on any atom is -0.340 e. The number of hydrogen-bond acceptors (Lipinski definition) is 2. The van der Waals surface area contributed by atoms with E-state index in [0.29, 0.717) is 5.56 Å². The molecule has 3 heteroatoms. The predicted octanol–water partition coefficient (Wildman–Crippen LogP) is 5.26. The minimum atomic E-state index is 0.687. The van der Waals surface area contributed by atoms with Crippen molar-refractivity contribution in [2.45, 2.75) is 19.8 Å². The zero-order chi connectivity index (χ0) is 14.4. The summed E-state index contributed by atoms with van der Waals surface area (Å²) in [6.07, 6.45) is 2.21. The van der Waals surface area contributed by atoms with E-state index in [9.17, 15) is 5.26 Å². The molecule has 2 nitrogen and oxygen atoms in total. The van der Waals surface area contributed by atoms with Crippen molar-refractivity contribution in [3.05, 3.63) is 58.6 Å². The summed E-state index contributed by atoms with van der Waals surface area (Å²) in [7, 11) is 0. The van der Waals surface area contributed by atoms with Gasteiger partial charge < -0.3 is 4.90 Å². The van der Waals surface area contributed by atoms with E-state index in [4.69, 9.17) is 0 Å². The summed E-state index contributed by atoms with van der Waals surface area (Å²) in [5.41, 5.74) is 2.77. The fourth-order valence-corrected chi connectivity index (χ4v) is 2.61. The van der Waals surface area contributed by atoms with Gasteiger partial charge in [-0.3, -0.25) is 0 Å². The molecule has 2 rings (SSSR count). The lowest BCUT2D eigenvalue weighted by Crippen LogP contribution is -2.19. The largest absolute Gasteiger partial charge is 0.340 e. The molecule has 0 aliphatic carbocycles. The van der Waals surface area contributed by atoms with Gasteiger partial charge in [0.15, 0.2) is 0 Å². The SMILES string of the molecule is CCCCN(c1ccccc1)c1cccc(Br)c1C#N. The first-order chi connectivity index (χ1) is 9.77. The highest BCUT2D eigenvalue weighted by Gasteiger charge is 2.14. The molecule has 20 heavy (non-hydrogen) atoms. The van der Waals surface area contributed by atoms with Gasteiger partial charge in [-0.05, 0) is 46.6 Å². The fraction of sp³-hybridized carbons (Fsp3) is 0.235. The summed E-state index contributed by atoms with van der Waals surface area (Å²) in [6.45, 7) is 3.08. The lowest BCUT2D eigenvalue weighted by atomic mass is 10.1. The van der Waals surface area contributed by atoms with Gasteiger partial charge in [-0.25, -0.2) is 0 Å². The Morgan fingerprint density at radius 3 is 2.50 bits per heavy atom. The maximum atomic E-state index is 9.41. The Hall–Kier alpha value is -1.79. The van der Waals surface area contributed by atoms with Gasteiger partial charge in [0.2, 0.25) is 0 Å². The Labute approximate surface area is 128 Å². The fourth-order valence-electron chi connectivity index (χ4n) is 2.16. The highest BCUT2D eigenvalue weighted by molar-refractivity contribution is 9.10. The van der Waals surface area contributed by atoms with Crippen LogP contribution in [-0.2, 0) is 0 Å². The van der Waals surface area contributed by atoms with Gasteiger partial charge in [0.1, 0.15) is 6.07 Å². The van der Waals surface area contributed by atoms with E-state index in [2.05, 4.69) is 46.0 Å². The first-order valence-corrected chi connectivity index (χ1v) is 7.58. The minimum absolute atomic E-state index is 0.687. The summed E-state index contributed by atoms with van der Waals surface area (Å²) in [4.78, 5) is 2.22. The quantitative estimate of drug-likeness (QED) is 0.748. The van der Waals surface area contributed by atoms with Gasteiger partial charge in [-0.15, -0.1) is 0 Å². The van der Waals surface area contributed by atoms with Crippen molar-refractivity contribution in [1.82, 2.24) is 0 Å². The average molecular weight is 329 g/mol. The highest BCUT2D eigenvalue weighted by atomic mass is 79.9. The van der Waals surface area contributed by atoms with E-state index in [1.54, 1.807) is 0 Å². The molecule has 0 aliphatic rings. The summed E-state index contributed by atoms with van der Waals surface area (Å²) >= 11 is 3.47. The summed E-state index contributed by atoms with van der Waals surface area (Å²) in [5, 5.41) is 9.41. The number of hydrogen-bond donors (Lipinski definition) is 0. The molecule has 2 aromatic carbocycles. The number of rotatable bonds is 5. The van der Waals surface area contributed by atoms with E-state index in [0.717, 1.165) is 35.2 Å². The van der Waals surface area contributed by atoms with Crippen LogP contribution in [0.3, 0.4) is 0 Å². The Kier molecular flexibility index (Phi) is 5.20. The predicted molar refractivity (Wildman–Crippen MR) is 87.2 cm³/mol. The van der Waals surface area contributed by atoms with Crippen LogP contribution in [0.2, 0.25) is 0 Å². The van der Waals surface area contributed by atoms with Crippen LogP contribution in [-0.4, -0.2) is 6.54 Å². The third kappa shape index (κ3) is 3.20. The summed E-state index contributed by atoms with van der Waals surface area (Å²) in [5.74, 6) is 0. The second-order valence-electron chi connectivity index (χ2n) is 4.59. The standard InChI is InChI=1S/C17H17BrN2/c1-2-3-12-20(14-8-5-4-6-9-14)17-11-7-10-16(18)15(17)13-19/h4-11H,2-3,12H2,1H3. The summed E-state index contributed by atoms with van der Waals surface area (Å²) < 4.78 is 0.843. The molecule has 0 heterocycles. The second-order valence-corrected chi connectivity index (χ2v) is 5.44. The molecule has 0 atom stereocenters. The molecule has 102 valence electrons. The molecule has 0 aromatic heterocycles. The molecule has 0 aliphatic heterocycles. The number of para-hydroxylation sites is 1. The number of halogens is 1. The van der Waals surface area contributed by atoms with Crippen LogP contribution in [0.15, 0.2) is 53.0 Å². The number of nitriles is 1. The van der Waals surface area contributed by atoms with Gasteiger partial charge in [-0.2, -0.15) is 5.26 Å². The van der Waals surface area contributed by atoms with Crippen molar-refractivity contribution in [3.63, 3.8) is 0 Å². The molecule has 0 radical (unpaired) electrons. The van der Waals surface area contributed by atoms with E-state index < -0.39 is 0 Å². The lowest BCUT2D eigenvalue weighted by Gasteiger charge is -2.26. The molecular weight excluding hydrogens is 312 g/mol. The number of benzene rings is 2. The molecule has 0 bridgehead atoms. The van der Waals surface area contributed by atoms with Gasteiger partial charge in [0.05, 0.1) is 11.3 Å². The van der Waals surface area contributed by atoms with Crippen LogP contribution in [0.5, 0.6) is 0 Å². The van der Waals surface area contributed by atoms with Crippen molar-refractivity contribution in [2.24, 2.45) is 0 Å². The van der Waals surface area contributed by atoms with Gasteiger partial charge >= 0.3 is 0 Å². The van der Waals surface area contributed by atoms with E-state index >= 15 is 0 Å². The van der Waals surface area contributed by atoms with Crippen molar-refractivity contribution in [3.8, 4) is 6.07 Å². The molecule has 0 fully saturated rings. The van der Waals surface area contributed by atoms with E-state index in [-0.39, 0.29) is 0 Å². The highest BCUT2D eigenvalue weighted by Crippen LogP contribution is 2.32. The van der Waals surface area contributed by atoms with Crippen molar-refractivity contribution in [1.29, 1.82) is 5.26 Å². The lowest BCUT2D eigenvalue weighted by molar-refractivity contribution is 0.785. The molecule has 0 saturated heterocycles. The maximum Gasteiger partial charge on any atom is 0.103 e. The van der Waals surface area contributed by atoms with Gasteiger partial charge in [-0.1, -0.05) is 37.6 Å². The Morgan fingerprint density at radius 1 is 1.10 bits per heavy atom. The molecule has 2 aromatic rings. The summed E-state index contributed by atoms with van der Waals surface area (Å²) in [6, 6.07) is 18.4. The van der Waals surface area contributed by atoms with Crippen LogP contribution in [0.1, 0.15) is 25.3 Å². The third-order valence-electron chi connectivity index (χ3n) is 3.20. The van der Waals surface area contributed by atoms with Crippen LogP contribution in [0.4, 0.5) is 11.4 Å². The van der Waals surface area contributed by atoms with Crippen molar-refractivity contribution in [2.75, 3.05) is 11.4 Å². The molecule has 0 amide bonds. The normalized spacial score (nSPS) is 10.1. The van der Waals surface area contributed by atoms with Crippen LogP contribution in [0, 0.1) is 11.3 Å². The number of anilines is 2. The zero-order valence-corrected chi connectivity index (χ0v) is 13.1. The Bertz CT molecular complexity index is 602. The molecule has 0 spiro atoms. The van der Waals surface area contributed by atoms with Crippen LogP contribution in [0.25, 0.3) is 0 Å². The van der Waals surface area contributed by atoms with Gasteiger partial charge in [0, 0.05) is 16.7 Å². The molecular formula is C17H17BrN2. The first-order valence-electron chi connectivity index (χ1n) is 6.79.